The van der Waals surface area contributed by atoms with Crippen molar-refractivity contribution < 1.29 is 14.2 Å². The maximum absolute atomic E-state index is 6.27. The Balaban J connectivity index is 0.000000301. The predicted octanol–water partition coefficient (Wildman–Crippen LogP) is 8.34. The quantitative estimate of drug-likeness (QED) is 0.169. The van der Waals surface area contributed by atoms with E-state index in [1.807, 2.05) is 30.3 Å². The number of morpholine rings is 1. The summed E-state index contributed by atoms with van der Waals surface area (Å²) in [5.41, 5.74) is 5.43. The normalized spacial score (nSPS) is 14.1. The zero-order chi connectivity index (χ0) is 30.3. The third-order valence-corrected chi connectivity index (χ3v) is 8.09. The molecule has 0 bridgehead atoms. The van der Waals surface area contributed by atoms with Crippen LogP contribution in [0.25, 0.3) is 0 Å². The number of halogens is 3. The second-order valence-electron chi connectivity index (χ2n) is 11.5. The molecule has 0 atom stereocenters. The highest BCUT2D eigenvalue weighted by Crippen LogP contribution is 2.37. The molecule has 6 nitrogen and oxygen atoms in total. The summed E-state index contributed by atoms with van der Waals surface area (Å²) >= 11 is 6.27. The Kier molecular flexibility index (Phi) is 18.7. The van der Waals surface area contributed by atoms with E-state index < -0.39 is 0 Å². The molecule has 0 unspecified atom stereocenters. The summed E-state index contributed by atoms with van der Waals surface area (Å²) in [5, 5.41) is 0.816. The van der Waals surface area contributed by atoms with Crippen LogP contribution in [0.2, 0.25) is 5.02 Å². The van der Waals surface area contributed by atoms with Crippen LogP contribution in [0.3, 0.4) is 0 Å². The molecule has 1 fully saturated rings. The van der Waals surface area contributed by atoms with E-state index in [9.17, 15) is 0 Å². The molecule has 2 aliphatic heterocycles. The lowest BCUT2D eigenvalue weighted by Gasteiger charge is -2.27. The minimum atomic E-state index is 0. The van der Waals surface area contributed by atoms with Crippen LogP contribution in [0.1, 0.15) is 43.7 Å². The molecule has 45 heavy (non-hydrogen) atoms. The Bertz CT molecular complexity index is 1220. The first kappa shape index (κ1) is 39.0. The van der Waals surface area contributed by atoms with E-state index in [1.165, 1.54) is 22.5 Å². The molecule has 5 rings (SSSR count). The van der Waals surface area contributed by atoms with E-state index in [1.54, 1.807) is 0 Å². The molecule has 1 saturated heterocycles. The number of para-hydroxylation sites is 1. The molecule has 0 amide bonds. The molecule has 0 saturated carbocycles. The number of aryl methyl sites for hydroxylation is 2. The maximum Gasteiger partial charge on any atom is 0.119 e. The first-order chi connectivity index (χ1) is 21.0. The zero-order valence-electron chi connectivity index (χ0n) is 27.2. The van der Waals surface area contributed by atoms with Gasteiger partial charge < -0.3 is 24.0 Å². The Morgan fingerprint density at radius 2 is 1.38 bits per heavy atom. The van der Waals surface area contributed by atoms with Crippen LogP contribution >= 0.6 is 36.4 Å². The average Bonchev–Trinajstić information content (AvgIpc) is 3.17. The van der Waals surface area contributed by atoms with Crippen molar-refractivity contribution in [1.82, 2.24) is 9.80 Å². The lowest BCUT2D eigenvalue weighted by molar-refractivity contribution is 0.0358. The highest BCUT2D eigenvalue weighted by atomic mass is 35.5. The van der Waals surface area contributed by atoms with Gasteiger partial charge in [-0.1, -0.05) is 49.2 Å². The lowest BCUT2D eigenvalue weighted by atomic mass is 10.0. The highest BCUT2D eigenvalue weighted by molar-refractivity contribution is 6.30. The van der Waals surface area contributed by atoms with Gasteiger partial charge in [0.15, 0.2) is 0 Å². The number of unbranched alkanes of at least 4 members (excludes halogenated alkanes) is 1. The zero-order valence-corrected chi connectivity index (χ0v) is 29.6. The van der Waals surface area contributed by atoms with Crippen LogP contribution in [-0.4, -0.2) is 83.0 Å². The van der Waals surface area contributed by atoms with Crippen molar-refractivity contribution in [3.63, 3.8) is 0 Å². The van der Waals surface area contributed by atoms with Crippen LogP contribution < -0.4 is 14.4 Å². The van der Waals surface area contributed by atoms with Gasteiger partial charge in [-0.3, -0.25) is 4.90 Å². The summed E-state index contributed by atoms with van der Waals surface area (Å²) < 4.78 is 16.7. The van der Waals surface area contributed by atoms with Gasteiger partial charge in [0.1, 0.15) is 11.5 Å². The SMILES string of the molecule is CCCCOc1ccc(OCCCN2CCOCC2)cc1.CN(C)CCCN1c2ccccc2CCc2ccc(Cl)cc21.Cl.Cl. The van der Waals surface area contributed by atoms with Gasteiger partial charge in [-0.05, 0) is 106 Å². The second kappa shape index (κ2) is 21.6. The van der Waals surface area contributed by atoms with Crippen LogP contribution in [0, 0.1) is 0 Å². The minimum absolute atomic E-state index is 0. The first-order valence-electron chi connectivity index (χ1n) is 16.0. The van der Waals surface area contributed by atoms with Gasteiger partial charge in [-0.2, -0.15) is 0 Å². The van der Waals surface area contributed by atoms with Crippen molar-refractivity contribution in [3.05, 3.63) is 82.9 Å². The number of anilines is 2. The van der Waals surface area contributed by atoms with Crippen molar-refractivity contribution in [1.29, 1.82) is 0 Å². The molecule has 0 aliphatic carbocycles. The molecule has 3 aromatic carbocycles. The summed E-state index contributed by atoms with van der Waals surface area (Å²) in [7, 11) is 4.25. The second-order valence-corrected chi connectivity index (χ2v) is 12.0. The number of hydrogen-bond acceptors (Lipinski definition) is 6. The van der Waals surface area contributed by atoms with E-state index in [0.29, 0.717) is 0 Å². The average molecular weight is 681 g/mol. The van der Waals surface area contributed by atoms with Gasteiger partial charge in [0.25, 0.3) is 0 Å². The molecule has 2 heterocycles. The van der Waals surface area contributed by atoms with Crippen molar-refractivity contribution in [2.75, 3.05) is 78.1 Å². The molecule has 0 N–H and O–H groups in total. The van der Waals surface area contributed by atoms with Crippen molar-refractivity contribution in [3.8, 4) is 11.5 Å². The molecule has 3 aromatic rings. The highest BCUT2D eigenvalue weighted by Gasteiger charge is 2.20. The first-order valence-corrected chi connectivity index (χ1v) is 16.4. The summed E-state index contributed by atoms with van der Waals surface area (Å²) in [6.45, 7) is 10.7. The van der Waals surface area contributed by atoms with Gasteiger partial charge >= 0.3 is 0 Å². The fraction of sp³-hybridized carbons (Fsp3) is 0.500. The predicted molar refractivity (Wildman–Crippen MR) is 194 cm³/mol. The largest absolute Gasteiger partial charge is 0.494 e. The summed E-state index contributed by atoms with van der Waals surface area (Å²) in [6.07, 6.45) is 6.61. The molecule has 0 spiro atoms. The maximum atomic E-state index is 6.27. The van der Waals surface area contributed by atoms with E-state index in [-0.39, 0.29) is 24.8 Å². The standard InChI is InChI=1S/C19H23ClN2.C17H27NO3.2ClH/c1-21(2)12-5-13-22-18-7-4-3-6-15(18)8-9-16-10-11-17(20)14-19(16)22;1-2-3-12-20-16-5-7-17(8-6-16)21-13-4-9-18-10-14-19-15-11-18;;/h3-4,6-7,10-11,14H,5,8-9,12-13H2,1-2H3;5-8H,2-4,9-15H2,1H3;2*1H. The van der Waals surface area contributed by atoms with E-state index >= 15 is 0 Å². The Hall–Kier alpha value is -2.19. The Morgan fingerprint density at radius 1 is 0.756 bits per heavy atom. The van der Waals surface area contributed by atoms with Gasteiger partial charge in [0.2, 0.25) is 0 Å². The van der Waals surface area contributed by atoms with Gasteiger partial charge in [-0.25, -0.2) is 0 Å². The van der Waals surface area contributed by atoms with Crippen LogP contribution in [0.5, 0.6) is 11.5 Å². The fourth-order valence-electron chi connectivity index (χ4n) is 5.44. The molecular weight excluding hydrogens is 629 g/mol. The molecule has 0 radical (unpaired) electrons. The van der Waals surface area contributed by atoms with Crippen LogP contribution in [0.15, 0.2) is 66.7 Å². The molecule has 9 heteroatoms. The third-order valence-electron chi connectivity index (χ3n) is 7.85. The van der Waals surface area contributed by atoms with Crippen molar-refractivity contribution in [2.45, 2.75) is 45.4 Å². The third kappa shape index (κ3) is 13.2. The van der Waals surface area contributed by atoms with Gasteiger partial charge in [-0.15, -0.1) is 24.8 Å². The number of hydrogen-bond donors (Lipinski definition) is 0. The fourth-order valence-corrected chi connectivity index (χ4v) is 5.61. The Morgan fingerprint density at radius 3 is 2.02 bits per heavy atom. The van der Waals surface area contributed by atoms with Crippen LogP contribution in [-0.2, 0) is 17.6 Å². The minimum Gasteiger partial charge on any atom is -0.494 e. The summed E-state index contributed by atoms with van der Waals surface area (Å²) in [4.78, 5) is 7.12. The number of benzene rings is 3. The molecular formula is C36H52Cl3N3O3. The Labute approximate surface area is 288 Å². The number of nitrogens with zero attached hydrogens (tertiary/aromatic N) is 3. The van der Waals surface area contributed by atoms with Gasteiger partial charge in [0.05, 0.1) is 26.4 Å². The lowest BCUT2D eigenvalue weighted by Crippen LogP contribution is -2.37. The van der Waals surface area contributed by atoms with Gasteiger partial charge in [0, 0.05) is 42.6 Å². The smallest absolute Gasteiger partial charge is 0.119 e. The van der Waals surface area contributed by atoms with E-state index in [4.69, 9.17) is 25.8 Å². The van der Waals surface area contributed by atoms with Crippen molar-refractivity contribution in [2.24, 2.45) is 0 Å². The molecule has 2 aliphatic rings. The molecule has 250 valence electrons. The molecule has 0 aromatic heterocycles. The van der Waals surface area contributed by atoms with E-state index in [2.05, 4.69) is 72.1 Å². The topological polar surface area (TPSA) is 37.4 Å². The monoisotopic (exact) mass is 679 g/mol. The summed E-state index contributed by atoms with van der Waals surface area (Å²) in [5.74, 6) is 1.84. The number of rotatable bonds is 13. The number of fused-ring (bicyclic) bond motifs is 2. The number of ether oxygens (including phenoxy) is 3. The van der Waals surface area contributed by atoms with Crippen LogP contribution in [0.4, 0.5) is 11.4 Å². The summed E-state index contributed by atoms with van der Waals surface area (Å²) in [6, 6.07) is 23.0. The van der Waals surface area contributed by atoms with Crippen molar-refractivity contribution >= 4 is 47.8 Å². The van der Waals surface area contributed by atoms with E-state index in [0.717, 1.165) is 114 Å².